The van der Waals surface area contributed by atoms with Crippen LogP contribution in [0.2, 0.25) is 0 Å². The number of halogens is 2. The minimum absolute atomic E-state index is 0. The highest BCUT2D eigenvalue weighted by molar-refractivity contribution is 5.94. The summed E-state index contributed by atoms with van der Waals surface area (Å²) < 4.78 is 5.35. The molecule has 0 bridgehead atoms. The zero-order valence-corrected chi connectivity index (χ0v) is 15.3. The molecule has 6 nitrogen and oxygen atoms in total. The van der Waals surface area contributed by atoms with Crippen LogP contribution in [0.5, 0.6) is 0 Å². The van der Waals surface area contributed by atoms with E-state index < -0.39 is 0 Å². The molecule has 1 aliphatic rings. The summed E-state index contributed by atoms with van der Waals surface area (Å²) in [7, 11) is 0. The fourth-order valence-electron chi connectivity index (χ4n) is 2.50. The van der Waals surface area contributed by atoms with Crippen LogP contribution in [0.1, 0.15) is 15.9 Å². The zero-order chi connectivity index (χ0) is 16.1. The number of carbonyl (C=O) groups is 1. The van der Waals surface area contributed by atoms with Gasteiger partial charge in [0, 0.05) is 37.1 Å². The van der Waals surface area contributed by atoms with Crippen LogP contribution < -0.4 is 16.0 Å². The van der Waals surface area contributed by atoms with Crippen LogP contribution in [0.25, 0.3) is 0 Å². The molecule has 1 amide bonds. The summed E-state index contributed by atoms with van der Waals surface area (Å²) in [6.07, 6.45) is 1.77. The fraction of sp³-hybridized carbons (Fsp3) is 0.294. The fourth-order valence-corrected chi connectivity index (χ4v) is 2.50. The first-order valence-electron chi connectivity index (χ1n) is 7.64. The van der Waals surface area contributed by atoms with Gasteiger partial charge in [-0.1, -0.05) is 6.07 Å². The number of nitrogens with zero attached hydrogens (tertiary/aromatic N) is 2. The Hall–Kier alpha value is -2.02. The van der Waals surface area contributed by atoms with Crippen LogP contribution in [0.4, 0.5) is 11.5 Å². The van der Waals surface area contributed by atoms with Gasteiger partial charge in [-0.25, -0.2) is 4.98 Å². The second-order valence-corrected chi connectivity index (χ2v) is 5.43. The molecule has 0 aliphatic carbocycles. The van der Waals surface area contributed by atoms with E-state index >= 15 is 0 Å². The molecule has 1 aromatic carbocycles. The van der Waals surface area contributed by atoms with Crippen molar-refractivity contribution < 1.29 is 9.53 Å². The molecule has 1 saturated heterocycles. The topological polar surface area (TPSA) is 80.5 Å². The smallest absolute Gasteiger partial charge is 0.251 e. The summed E-state index contributed by atoms with van der Waals surface area (Å²) in [6.45, 7) is 3.57. The first kappa shape index (κ1) is 21.0. The molecule has 0 radical (unpaired) electrons. The number of hydrogen-bond acceptors (Lipinski definition) is 5. The first-order valence-corrected chi connectivity index (χ1v) is 7.64. The van der Waals surface area contributed by atoms with Crippen LogP contribution >= 0.6 is 24.8 Å². The third-order valence-electron chi connectivity index (χ3n) is 3.75. The second kappa shape index (κ2) is 10.1. The molecule has 3 rings (SSSR count). The lowest BCUT2D eigenvalue weighted by atomic mass is 10.2. The van der Waals surface area contributed by atoms with E-state index in [2.05, 4.69) is 15.2 Å². The Kier molecular flexibility index (Phi) is 8.48. The molecule has 0 saturated carbocycles. The number of nitrogens with two attached hydrogens (primary N) is 1. The Balaban J connectivity index is 0.00000156. The number of nitrogen functional groups attached to an aromatic ring is 1. The van der Waals surface area contributed by atoms with E-state index in [0.29, 0.717) is 17.8 Å². The van der Waals surface area contributed by atoms with Gasteiger partial charge in [0.25, 0.3) is 5.91 Å². The van der Waals surface area contributed by atoms with Gasteiger partial charge in [-0.3, -0.25) is 4.79 Å². The minimum Gasteiger partial charge on any atom is -0.399 e. The van der Waals surface area contributed by atoms with Gasteiger partial charge in [-0.05, 0) is 35.9 Å². The van der Waals surface area contributed by atoms with E-state index in [9.17, 15) is 4.79 Å². The van der Waals surface area contributed by atoms with Gasteiger partial charge in [0.2, 0.25) is 0 Å². The van der Waals surface area contributed by atoms with E-state index in [1.54, 1.807) is 30.5 Å². The Labute approximate surface area is 159 Å². The van der Waals surface area contributed by atoms with Gasteiger partial charge < -0.3 is 20.7 Å². The van der Waals surface area contributed by atoms with Gasteiger partial charge in [-0.15, -0.1) is 24.8 Å². The lowest BCUT2D eigenvalue weighted by molar-refractivity contribution is 0.0951. The number of anilines is 2. The lowest BCUT2D eigenvalue weighted by Crippen LogP contribution is -2.36. The van der Waals surface area contributed by atoms with Crippen molar-refractivity contribution in [2.24, 2.45) is 0 Å². The first-order chi connectivity index (χ1) is 11.2. The van der Waals surface area contributed by atoms with Crippen molar-refractivity contribution >= 4 is 42.2 Å². The molecule has 0 spiro atoms. The number of ether oxygens (including phenoxy) is 1. The number of carbonyl (C=O) groups excluding carboxylic acids is 1. The second-order valence-electron chi connectivity index (χ2n) is 5.43. The molecule has 3 N–H and O–H groups in total. The zero-order valence-electron chi connectivity index (χ0n) is 13.7. The average molecular weight is 385 g/mol. The highest BCUT2D eigenvalue weighted by Crippen LogP contribution is 2.14. The number of nitrogens with one attached hydrogen (secondary N) is 1. The molecule has 0 unspecified atom stereocenters. The van der Waals surface area contributed by atoms with Gasteiger partial charge in [0.05, 0.1) is 13.2 Å². The summed E-state index contributed by atoms with van der Waals surface area (Å²) in [5.74, 6) is 0.783. The number of rotatable bonds is 4. The number of hydrogen-bond donors (Lipinski definition) is 2. The van der Waals surface area contributed by atoms with E-state index in [1.807, 2.05) is 12.1 Å². The van der Waals surface area contributed by atoms with Crippen molar-refractivity contribution in [2.75, 3.05) is 36.9 Å². The predicted octanol–water partition coefficient (Wildman–Crippen LogP) is 2.27. The van der Waals surface area contributed by atoms with Crippen LogP contribution in [0, 0.1) is 0 Å². The molecular formula is C17H22Cl2N4O2. The number of amides is 1. The van der Waals surface area contributed by atoms with Gasteiger partial charge in [-0.2, -0.15) is 0 Å². The third-order valence-corrected chi connectivity index (χ3v) is 3.75. The normalized spacial score (nSPS) is 13.4. The molecule has 8 heteroatoms. The van der Waals surface area contributed by atoms with Crippen LogP contribution in [-0.4, -0.2) is 37.2 Å². The van der Waals surface area contributed by atoms with E-state index in [-0.39, 0.29) is 30.7 Å². The van der Waals surface area contributed by atoms with Gasteiger partial charge in [0.1, 0.15) is 5.82 Å². The van der Waals surface area contributed by atoms with Gasteiger partial charge in [0.15, 0.2) is 0 Å². The van der Waals surface area contributed by atoms with Crippen LogP contribution in [0.3, 0.4) is 0 Å². The van der Waals surface area contributed by atoms with Crippen molar-refractivity contribution in [3.05, 3.63) is 53.7 Å². The van der Waals surface area contributed by atoms with E-state index in [0.717, 1.165) is 37.7 Å². The number of aromatic nitrogens is 1. The molecule has 2 aromatic rings. The SMILES string of the molecule is Cl.Cl.Nc1cccc(C(=O)NCc2ccnc(N3CCOCC3)c2)c1. The Morgan fingerprint density at radius 2 is 1.96 bits per heavy atom. The largest absolute Gasteiger partial charge is 0.399 e. The van der Waals surface area contributed by atoms with Crippen molar-refractivity contribution in [2.45, 2.75) is 6.54 Å². The van der Waals surface area contributed by atoms with Crippen LogP contribution in [0.15, 0.2) is 42.6 Å². The molecule has 25 heavy (non-hydrogen) atoms. The Morgan fingerprint density at radius 3 is 2.68 bits per heavy atom. The predicted molar refractivity (Wildman–Crippen MR) is 104 cm³/mol. The summed E-state index contributed by atoms with van der Waals surface area (Å²) in [5, 5.41) is 2.91. The summed E-state index contributed by atoms with van der Waals surface area (Å²) in [4.78, 5) is 18.7. The molecule has 1 fully saturated rings. The minimum atomic E-state index is -0.137. The molecule has 1 aliphatic heterocycles. The quantitative estimate of drug-likeness (QED) is 0.790. The Bertz CT molecular complexity index is 694. The molecular weight excluding hydrogens is 363 g/mol. The standard InChI is InChI=1S/C17H20N4O2.2ClH/c18-15-3-1-2-14(11-15)17(22)20-12-13-4-5-19-16(10-13)21-6-8-23-9-7-21;;/h1-5,10-11H,6-9,12,18H2,(H,20,22);2*1H. The number of benzene rings is 1. The summed E-state index contributed by atoms with van der Waals surface area (Å²) >= 11 is 0. The monoisotopic (exact) mass is 384 g/mol. The van der Waals surface area contributed by atoms with E-state index in [4.69, 9.17) is 10.5 Å². The number of pyridine rings is 1. The average Bonchev–Trinajstić information content (AvgIpc) is 2.61. The van der Waals surface area contributed by atoms with E-state index in [1.165, 1.54) is 0 Å². The maximum Gasteiger partial charge on any atom is 0.251 e. The molecule has 1 aromatic heterocycles. The summed E-state index contributed by atoms with van der Waals surface area (Å²) in [6, 6.07) is 10.9. The molecule has 2 heterocycles. The van der Waals surface area contributed by atoms with Crippen molar-refractivity contribution in [1.29, 1.82) is 0 Å². The van der Waals surface area contributed by atoms with Crippen molar-refractivity contribution in [1.82, 2.24) is 10.3 Å². The third kappa shape index (κ3) is 5.77. The van der Waals surface area contributed by atoms with Crippen LogP contribution in [-0.2, 0) is 11.3 Å². The van der Waals surface area contributed by atoms with Gasteiger partial charge >= 0.3 is 0 Å². The van der Waals surface area contributed by atoms with Crippen molar-refractivity contribution in [3.63, 3.8) is 0 Å². The van der Waals surface area contributed by atoms with Crippen molar-refractivity contribution in [3.8, 4) is 0 Å². The maximum absolute atomic E-state index is 12.1. The molecule has 136 valence electrons. The lowest BCUT2D eigenvalue weighted by Gasteiger charge is -2.28. The highest BCUT2D eigenvalue weighted by Gasteiger charge is 2.13. The number of morpholine rings is 1. The molecule has 0 atom stereocenters. The summed E-state index contributed by atoms with van der Waals surface area (Å²) in [5.41, 5.74) is 7.86. The maximum atomic E-state index is 12.1. The Morgan fingerprint density at radius 1 is 1.20 bits per heavy atom. The highest BCUT2D eigenvalue weighted by atomic mass is 35.5.